The lowest BCUT2D eigenvalue weighted by Crippen LogP contribution is -2.22. The fourth-order valence-corrected chi connectivity index (χ4v) is 37.2. The molecule has 0 radical (unpaired) electrons. The summed E-state index contributed by atoms with van der Waals surface area (Å²) in [7, 11) is -5.93. The molecule has 0 saturated carbocycles. The molecule has 2 atom stereocenters. The standard InChI is InChI=1S/C30H32Cl2O2S5/c31-23-13-25-37(29-19-9-3-10-20-29,35-27-15-5-1-6-16-27)39(33,34)38(26-14-24-32,30-21-11-4-12-22-30)36-28-17-7-2-8-18-28/h1-12,15-22H,13-14,23-26H2. The fraction of sp³-hybridized carbons (Fsp3) is 0.200. The average Bonchev–Trinajstić information content (AvgIpc) is 2.99. The molecule has 9 heteroatoms. The Morgan fingerprint density at radius 2 is 0.795 bits per heavy atom. The number of halogens is 2. The second kappa shape index (κ2) is 14.6. The maximum Gasteiger partial charge on any atom is 0.244 e. The van der Waals surface area contributed by atoms with Crippen LogP contribution < -0.4 is 0 Å². The Labute approximate surface area is 252 Å². The Morgan fingerprint density at radius 3 is 1.10 bits per heavy atom. The Hall–Kier alpha value is -1.19. The van der Waals surface area contributed by atoms with Gasteiger partial charge in [0.15, 0.2) is 0 Å². The second-order valence-corrected chi connectivity index (χ2v) is 28.0. The van der Waals surface area contributed by atoms with Gasteiger partial charge in [-0.1, -0.05) is 94.4 Å². The molecule has 0 aliphatic rings. The van der Waals surface area contributed by atoms with Crippen molar-refractivity contribution in [3.8, 4) is 0 Å². The third-order valence-electron chi connectivity index (χ3n) is 5.91. The van der Waals surface area contributed by atoms with Crippen LogP contribution in [0, 0.1) is 0 Å². The summed E-state index contributed by atoms with van der Waals surface area (Å²) in [5.41, 5.74) is 0. The summed E-state index contributed by atoms with van der Waals surface area (Å²) >= 11 is 12.6. The molecule has 4 rings (SSSR count). The minimum absolute atomic E-state index is 0.396. The van der Waals surface area contributed by atoms with Gasteiger partial charge in [0.05, 0.1) is 0 Å². The second-order valence-electron chi connectivity index (χ2n) is 8.55. The van der Waals surface area contributed by atoms with E-state index in [1.807, 2.05) is 121 Å². The van der Waals surface area contributed by atoms with Gasteiger partial charge in [-0.25, -0.2) is 8.42 Å². The minimum atomic E-state index is -3.86. The molecule has 0 aliphatic heterocycles. The number of hydrogen-bond acceptors (Lipinski definition) is 4. The van der Waals surface area contributed by atoms with Crippen LogP contribution in [0.3, 0.4) is 0 Å². The summed E-state index contributed by atoms with van der Waals surface area (Å²) in [5, 5.41) is 0. The molecule has 2 nitrogen and oxygen atoms in total. The zero-order valence-electron chi connectivity index (χ0n) is 21.4. The molecule has 0 aromatic heterocycles. The average molecular weight is 656 g/mol. The van der Waals surface area contributed by atoms with Gasteiger partial charge in [0, 0.05) is 42.8 Å². The van der Waals surface area contributed by atoms with Crippen LogP contribution >= 0.6 is 61.0 Å². The van der Waals surface area contributed by atoms with Gasteiger partial charge in [0.1, 0.15) is 0 Å². The number of hydrogen-bond donors (Lipinski definition) is 0. The first-order valence-corrected chi connectivity index (χ1v) is 22.4. The van der Waals surface area contributed by atoms with E-state index >= 15 is 8.42 Å². The Kier molecular flexibility index (Phi) is 11.5. The van der Waals surface area contributed by atoms with Crippen LogP contribution in [0.5, 0.6) is 0 Å². The third-order valence-corrected chi connectivity index (χ3v) is 34.1. The predicted molar refractivity (Wildman–Crippen MR) is 179 cm³/mol. The number of rotatable bonds is 14. The summed E-state index contributed by atoms with van der Waals surface area (Å²) in [6, 6.07) is 39.4. The number of benzene rings is 4. The van der Waals surface area contributed by atoms with E-state index < -0.39 is 24.1 Å². The molecule has 0 heterocycles. The van der Waals surface area contributed by atoms with Crippen molar-refractivity contribution in [3.63, 3.8) is 0 Å². The fourth-order valence-electron chi connectivity index (χ4n) is 4.12. The van der Waals surface area contributed by atoms with Gasteiger partial charge in [0.25, 0.3) is 0 Å². The molecule has 0 bridgehead atoms. The molecule has 4 aromatic rings. The van der Waals surface area contributed by atoms with Crippen molar-refractivity contribution in [2.24, 2.45) is 0 Å². The van der Waals surface area contributed by atoms with Gasteiger partial charge in [-0.2, -0.15) is 0 Å². The highest BCUT2D eigenvalue weighted by atomic mass is 35.5. The minimum Gasteiger partial charge on any atom is -0.207 e. The van der Waals surface area contributed by atoms with Crippen LogP contribution in [0.1, 0.15) is 12.8 Å². The van der Waals surface area contributed by atoms with Crippen LogP contribution in [0.2, 0.25) is 0 Å². The van der Waals surface area contributed by atoms with Crippen LogP contribution in [0.4, 0.5) is 0 Å². The lowest BCUT2D eigenvalue weighted by atomic mass is 10.4. The molecular formula is C30H32Cl2O2S5. The third kappa shape index (κ3) is 6.83. The molecule has 0 saturated heterocycles. The monoisotopic (exact) mass is 654 g/mol. The van der Waals surface area contributed by atoms with Crippen molar-refractivity contribution in [2.45, 2.75) is 32.4 Å². The highest BCUT2D eigenvalue weighted by Gasteiger charge is 2.53. The molecule has 0 amide bonds. The zero-order valence-corrected chi connectivity index (χ0v) is 27.0. The van der Waals surface area contributed by atoms with Gasteiger partial charge in [0.2, 0.25) is 7.90 Å². The van der Waals surface area contributed by atoms with Crippen LogP contribution in [0.15, 0.2) is 141 Å². The van der Waals surface area contributed by atoms with Crippen molar-refractivity contribution in [2.75, 3.05) is 23.3 Å². The van der Waals surface area contributed by atoms with Crippen LogP contribution in [-0.4, -0.2) is 31.7 Å². The largest absolute Gasteiger partial charge is 0.244 e. The normalized spacial score (nSPS) is 16.5. The van der Waals surface area contributed by atoms with Gasteiger partial charge in [-0.15, -0.1) is 23.2 Å². The SMILES string of the molecule is O=S(=O)(S(CCCCl)(Sc1ccccc1)c1ccccc1)S(CCCCl)(Sc1ccccc1)c1ccccc1. The van der Waals surface area contributed by atoms with Crippen molar-refractivity contribution in [1.82, 2.24) is 0 Å². The first-order chi connectivity index (χ1) is 19.0. The molecule has 4 aromatic carbocycles. The molecule has 0 aliphatic carbocycles. The highest BCUT2D eigenvalue weighted by Crippen LogP contribution is 2.87. The van der Waals surface area contributed by atoms with Gasteiger partial charge in [-0.05, 0) is 77.6 Å². The lowest BCUT2D eigenvalue weighted by Gasteiger charge is -2.49. The predicted octanol–water partition coefficient (Wildman–Crippen LogP) is 10.6. The van der Waals surface area contributed by atoms with Gasteiger partial charge >= 0.3 is 0 Å². The molecule has 0 fully saturated rings. The van der Waals surface area contributed by atoms with Crippen molar-refractivity contribution < 1.29 is 8.42 Å². The van der Waals surface area contributed by atoms with Crippen molar-refractivity contribution in [3.05, 3.63) is 121 Å². The van der Waals surface area contributed by atoms with Crippen LogP contribution in [0.25, 0.3) is 0 Å². The molecule has 0 N–H and O–H groups in total. The zero-order chi connectivity index (χ0) is 27.6. The van der Waals surface area contributed by atoms with Crippen molar-refractivity contribution >= 4 is 68.9 Å². The van der Waals surface area contributed by atoms with Gasteiger partial charge in [-0.3, -0.25) is 0 Å². The highest BCUT2D eigenvalue weighted by molar-refractivity contribution is 9.48. The van der Waals surface area contributed by atoms with E-state index in [9.17, 15) is 0 Å². The van der Waals surface area contributed by atoms with E-state index in [1.165, 1.54) is 21.6 Å². The van der Waals surface area contributed by atoms with Crippen molar-refractivity contribution in [1.29, 1.82) is 0 Å². The van der Waals surface area contributed by atoms with Crippen LogP contribution in [-0.2, 0) is 7.90 Å². The van der Waals surface area contributed by atoms with E-state index in [0.717, 1.165) is 19.6 Å². The summed E-state index contributed by atoms with van der Waals surface area (Å²) in [6.07, 6.45) is 1.20. The molecule has 208 valence electrons. The smallest absolute Gasteiger partial charge is 0.207 e. The maximum absolute atomic E-state index is 15.8. The summed E-state index contributed by atoms with van der Waals surface area (Å²) < 4.78 is 31.7. The van der Waals surface area contributed by atoms with E-state index in [4.69, 9.17) is 23.2 Å². The summed E-state index contributed by atoms with van der Waals surface area (Å²) in [4.78, 5) is 3.60. The van der Waals surface area contributed by atoms with E-state index in [-0.39, 0.29) is 0 Å². The van der Waals surface area contributed by atoms with E-state index in [0.29, 0.717) is 36.1 Å². The first kappa shape index (κ1) is 30.8. The number of alkyl halides is 2. The quantitative estimate of drug-likeness (QED) is 0.100. The molecule has 39 heavy (non-hydrogen) atoms. The Bertz CT molecular complexity index is 1290. The molecular weight excluding hydrogens is 624 g/mol. The van der Waals surface area contributed by atoms with Gasteiger partial charge < -0.3 is 0 Å². The molecule has 0 spiro atoms. The Balaban J connectivity index is 2.05. The Morgan fingerprint density at radius 1 is 0.487 bits per heavy atom. The maximum atomic E-state index is 15.8. The van der Waals surface area contributed by atoms with E-state index in [2.05, 4.69) is 0 Å². The lowest BCUT2D eigenvalue weighted by molar-refractivity contribution is 0.622. The first-order valence-electron chi connectivity index (χ1n) is 12.6. The topological polar surface area (TPSA) is 34.1 Å². The summed E-state index contributed by atoms with van der Waals surface area (Å²) in [6.45, 7) is 0. The van der Waals surface area contributed by atoms with E-state index in [1.54, 1.807) is 0 Å². The summed E-state index contributed by atoms with van der Waals surface area (Å²) in [5.74, 6) is 1.74. The molecule has 2 unspecified atom stereocenters.